The van der Waals surface area contributed by atoms with Crippen LogP contribution in [0.3, 0.4) is 0 Å². The lowest BCUT2D eigenvalue weighted by molar-refractivity contribution is 0.106. The van der Waals surface area contributed by atoms with Crippen LogP contribution in [0.1, 0.15) is 13.3 Å². The van der Waals surface area contributed by atoms with Crippen LogP contribution in [-0.4, -0.2) is 27.8 Å². The molecule has 0 aliphatic heterocycles. The van der Waals surface area contributed by atoms with Crippen molar-refractivity contribution in [2.45, 2.75) is 13.3 Å². The minimum Gasteiger partial charge on any atom is -0.379 e. The number of ether oxygens (including phenoxy) is 1. The lowest BCUT2D eigenvalue weighted by atomic mass is 10.5. The van der Waals surface area contributed by atoms with Crippen LogP contribution in [0.2, 0.25) is 0 Å². The summed E-state index contributed by atoms with van der Waals surface area (Å²) in [6, 6.07) is 0. The van der Waals surface area contributed by atoms with E-state index in [1.54, 1.807) is 6.66 Å². The Labute approximate surface area is 60.1 Å². The molecule has 1 unspecified atom stereocenters. The molecule has 0 aliphatic carbocycles. The van der Waals surface area contributed by atoms with E-state index >= 15 is 0 Å². The Morgan fingerprint density at radius 3 is 2.78 bits per heavy atom. The Hall–Kier alpha value is 0.350. The smallest absolute Gasteiger partial charge is 0.0883 e. The summed E-state index contributed by atoms with van der Waals surface area (Å²) in [5.41, 5.74) is 0. The molecular formula is C6H15O2P. The van der Waals surface area contributed by atoms with Gasteiger partial charge in [-0.3, -0.25) is 0 Å². The summed E-state index contributed by atoms with van der Waals surface area (Å²) in [5.74, 6) is 0. The van der Waals surface area contributed by atoms with Crippen LogP contribution >= 0.6 is 8.75 Å². The first-order valence-corrected chi connectivity index (χ1v) is 4.46. The van der Waals surface area contributed by atoms with Crippen molar-refractivity contribution < 1.29 is 9.26 Å². The van der Waals surface area contributed by atoms with Gasteiger partial charge in [0.15, 0.2) is 0 Å². The molecule has 0 aromatic rings. The van der Waals surface area contributed by atoms with Gasteiger partial charge in [0.1, 0.15) is 0 Å². The predicted molar refractivity (Wildman–Crippen MR) is 41.3 cm³/mol. The molecule has 9 heavy (non-hydrogen) atoms. The van der Waals surface area contributed by atoms with E-state index in [1.807, 2.05) is 0 Å². The molecule has 0 heterocycles. The van der Waals surface area contributed by atoms with Gasteiger partial charge >= 0.3 is 0 Å². The molecule has 0 fully saturated rings. The molecule has 0 aromatic heterocycles. The highest BCUT2D eigenvalue weighted by Gasteiger charge is 1.84. The zero-order chi connectivity index (χ0) is 7.82. The van der Waals surface area contributed by atoms with Gasteiger partial charge in [-0.05, 0) is 13.1 Å². The van der Waals surface area contributed by atoms with Crippen LogP contribution < -0.4 is 0 Å². The highest BCUT2D eigenvalue weighted by molar-refractivity contribution is 7.31. The molecule has 0 saturated carbocycles. The van der Waals surface area contributed by atoms with Crippen molar-refractivity contribution in [2.75, 3.05) is 26.5 Å². The van der Waals surface area contributed by atoms with Gasteiger partial charge in [-0.1, -0.05) is 6.92 Å². The van der Waals surface area contributed by atoms with Gasteiger partial charge in [-0.15, -0.1) is 0 Å². The molecule has 0 N–H and O–H groups in total. The molecule has 0 radical (unpaired) electrons. The van der Waals surface area contributed by atoms with E-state index in [4.69, 9.17) is 10.5 Å². The van der Waals surface area contributed by atoms with E-state index in [0.717, 1.165) is 13.0 Å². The van der Waals surface area contributed by atoms with Crippen molar-refractivity contribution in [3.05, 3.63) is 0 Å². The standard InChI is InChI=1S/C6H15O2P/c1-3-4-7-5-6-8-9-2/h9H,3-6H2,1-2H3/i9T. The second-order valence-corrected chi connectivity index (χ2v) is 2.25. The van der Waals surface area contributed by atoms with E-state index < -0.39 is 8.75 Å². The Morgan fingerprint density at radius 2 is 2.22 bits per heavy atom. The molecular weight excluding hydrogens is 135 g/mol. The molecule has 3 heteroatoms. The Balaban J connectivity index is 2.77. The Bertz CT molecular complexity index is 70.8. The summed E-state index contributed by atoms with van der Waals surface area (Å²) in [4.78, 5) is 0. The summed E-state index contributed by atoms with van der Waals surface area (Å²) < 4.78 is 17.2. The molecule has 0 aromatic carbocycles. The van der Waals surface area contributed by atoms with Crippen LogP contribution in [-0.2, 0) is 9.26 Å². The SMILES string of the molecule is [3H]P(C)OCCOCCC. The monoisotopic (exact) mass is 152 g/mol. The number of hydrogen-bond donors (Lipinski definition) is 0. The van der Waals surface area contributed by atoms with Gasteiger partial charge in [-0.2, -0.15) is 0 Å². The third-order valence-corrected chi connectivity index (χ3v) is 1.24. The van der Waals surface area contributed by atoms with E-state index in [9.17, 15) is 0 Å². The first-order valence-electron chi connectivity index (χ1n) is 3.65. The molecule has 0 amide bonds. The average molecular weight is 152 g/mol. The lowest BCUT2D eigenvalue weighted by Crippen LogP contribution is -2.00. The molecule has 0 saturated heterocycles. The van der Waals surface area contributed by atoms with Crippen molar-refractivity contribution in [3.8, 4) is 0 Å². The first-order chi connectivity index (χ1) is 4.77. The first kappa shape index (κ1) is 7.46. The van der Waals surface area contributed by atoms with Crippen LogP contribution in [0.5, 0.6) is 0 Å². The summed E-state index contributed by atoms with van der Waals surface area (Å²) in [5, 5.41) is 0. The molecule has 1 atom stereocenters. The van der Waals surface area contributed by atoms with Crippen LogP contribution in [0.4, 0.5) is 0 Å². The fraction of sp³-hybridized carbons (Fsp3) is 1.00. The zero-order valence-corrected chi connectivity index (χ0v) is 6.99. The summed E-state index contributed by atoms with van der Waals surface area (Å²) in [6.07, 6.45) is 1.04. The zero-order valence-electron chi connectivity index (χ0n) is 7.09. The van der Waals surface area contributed by atoms with Crippen molar-refractivity contribution in [3.63, 3.8) is 0 Å². The Kier molecular flexibility index (Phi) is 6.92. The normalized spacial score (nSPS) is 15.1. The van der Waals surface area contributed by atoms with Gasteiger partial charge in [0.25, 0.3) is 0 Å². The van der Waals surface area contributed by atoms with E-state index in [2.05, 4.69) is 6.92 Å². The topological polar surface area (TPSA) is 18.5 Å². The number of hydrogen-bond acceptors (Lipinski definition) is 2. The summed E-state index contributed by atoms with van der Waals surface area (Å²) in [6.45, 7) is 5.81. The molecule has 2 nitrogen and oxygen atoms in total. The highest BCUT2D eigenvalue weighted by Crippen LogP contribution is 2.01. The maximum Gasteiger partial charge on any atom is 0.0883 e. The lowest BCUT2D eigenvalue weighted by Gasteiger charge is -2.00. The third-order valence-electron chi connectivity index (χ3n) is 0.797. The van der Waals surface area contributed by atoms with E-state index in [0.29, 0.717) is 13.2 Å². The van der Waals surface area contributed by atoms with Gasteiger partial charge < -0.3 is 9.26 Å². The molecule has 0 bridgehead atoms. The van der Waals surface area contributed by atoms with Crippen molar-refractivity contribution in [2.24, 2.45) is 0 Å². The van der Waals surface area contributed by atoms with Crippen LogP contribution in [0.25, 0.3) is 0 Å². The molecule has 0 spiro atoms. The van der Waals surface area contributed by atoms with Crippen molar-refractivity contribution in [1.82, 2.24) is 0 Å². The van der Waals surface area contributed by atoms with Gasteiger partial charge in [0, 0.05) is 15.4 Å². The van der Waals surface area contributed by atoms with Gasteiger partial charge in [0.2, 0.25) is 0 Å². The Morgan fingerprint density at radius 1 is 1.44 bits per heavy atom. The summed E-state index contributed by atoms with van der Waals surface area (Å²) >= 11 is 0. The molecule has 56 valence electrons. The van der Waals surface area contributed by atoms with Gasteiger partial charge in [-0.25, -0.2) is 0 Å². The van der Waals surface area contributed by atoms with Crippen molar-refractivity contribution >= 4 is 8.75 Å². The maximum absolute atomic E-state index is 7.05. The van der Waals surface area contributed by atoms with Crippen LogP contribution in [0.15, 0.2) is 0 Å². The average Bonchev–Trinajstić information content (AvgIpc) is 1.87. The number of rotatable bonds is 6. The minimum absolute atomic E-state index is 0.561. The van der Waals surface area contributed by atoms with Crippen LogP contribution in [0, 0.1) is 0 Å². The second-order valence-electron chi connectivity index (χ2n) is 1.63. The molecule has 0 aliphatic rings. The van der Waals surface area contributed by atoms with E-state index in [-0.39, 0.29) is 0 Å². The van der Waals surface area contributed by atoms with Crippen molar-refractivity contribution in [1.29, 1.82) is 1.28 Å². The molecule has 0 rings (SSSR count). The maximum atomic E-state index is 7.05. The minimum atomic E-state index is -0.951. The third kappa shape index (κ3) is 8.35. The quantitative estimate of drug-likeness (QED) is 0.425. The largest absolute Gasteiger partial charge is 0.379 e. The van der Waals surface area contributed by atoms with E-state index in [1.165, 1.54) is 0 Å². The summed E-state index contributed by atoms with van der Waals surface area (Å²) in [7, 11) is -0.951. The fourth-order valence-corrected chi connectivity index (χ4v) is 0.691. The predicted octanol–water partition coefficient (Wildman–Crippen LogP) is 1.65. The van der Waals surface area contributed by atoms with Gasteiger partial charge in [0.05, 0.1) is 14.5 Å². The fourth-order valence-electron chi connectivity index (χ4n) is 0.434. The second kappa shape index (κ2) is 8.35. The highest BCUT2D eigenvalue weighted by atomic mass is 31.1.